The Morgan fingerprint density at radius 1 is 1.35 bits per heavy atom. The van der Waals surface area contributed by atoms with E-state index >= 15 is 0 Å². The van der Waals surface area contributed by atoms with Gasteiger partial charge in [-0.2, -0.15) is 0 Å². The van der Waals surface area contributed by atoms with Crippen molar-refractivity contribution in [2.24, 2.45) is 0 Å². The maximum absolute atomic E-state index is 8.80. The highest BCUT2D eigenvalue weighted by molar-refractivity contribution is 7.99. The molecule has 0 bridgehead atoms. The molecule has 0 amide bonds. The fraction of sp³-hybridized carbons (Fsp3) is 0.889. The first-order valence-corrected chi connectivity index (χ1v) is 6.43. The summed E-state index contributed by atoms with van der Waals surface area (Å²) in [5.74, 6) is 0.888. The first-order chi connectivity index (χ1) is 8.38. The van der Waals surface area contributed by atoms with Gasteiger partial charge in [-0.05, 0) is 16.8 Å². The van der Waals surface area contributed by atoms with Crippen LogP contribution in [0.15, 0.2) is 5.16 Å². The van der Waals surface area contributed by atoms with Gasteiger partial charge in [0.15, 0.2) is 0 Å². The van der Waals surface area contributed by atoms with Crippen molar-refractivity contribution in [1.82, 2.24) is 20.2 Å². The Balaban J connectivity index is 2.07. The van der Waals surface area contributed by atoms with Crippen molar-refractivity contribution in [1.29, 1.82) is 0 Å². The highest BCUT2D eigenvalue weighted by Gasteiger charge is 2.05. The molecule has 0 fully saturated rings. The molecule has 0 spiro atoms. The summed E-state index contributed by atoms with van der Waals surface area (Å²) in [7, 11) is 1.65. The van der Waals surface area contributed by atoms with Crippen LogP contribution in [0.1, 0.15) is 6.42 Å². The van der Waals surface area contributed by atoms with E-state index < -0.39 is 0 Å². The summed E-state index contributed by atoms with van der Waals surface area (Å²) in [5.41, 5.74) is 0. The lowest BCUT2D eigenvalue weighted by molar-refractivity contribution is 0.0713. The maximum atomic E-state index is 8.80. The highest BCUT2D eigenvalue weighted by atomic mass is 32.2. The average Bonchev–Trinajstić information content (AvgIpc) is 2.76. The summed E-state index contributed by atoms with van der Waals surface area (Å²) in [4.78, 5) is 0. The third-order valence-corrected chi connectivity index (χ3v) is 2.95. The zero-order valence-electron chi connectivity index (χ0n) is 9.91. The summed E-state index contributed by atoms with van der Waals surface area (Å²) in [6, 6.07) is 0. The topological polar surface area (TPSA) is 82.3 Å². The number of hydrogen-bond donors (Lipinski definition) is 1. The molecule has 0 atom stereocenters. The summed E-state index contributed by atoms with van der Waals surface area (Å²) in [5, 5.41) is 20.7. The largest absolute Gasteiger partial charge is 0.394 e. The normalized spacial score (nSPS) is 10.9. The van der Waals surface area contributed by atoms with Gasteiger partial charge in [-0.25, -0.2) is 4.68 Å². The minimum Gasteiger partial charge on any atom is -0.394 e. The molecule has 1 N–H and O–H groups in total. The molecule has 0 aliphatic carbocycles. The number of thioether (sulfide) groups is 1. The van der Waals surface area contributed by atoms with Crippen LogP contribution in [0.2, 0.25) is 0 Å². The van der Waals surface area contributed by atoms with E-state index in [4.69, 9.17) is 14.6 Å². The Kier molecular flexibility index (Phi) is 7.89. The van der Waals surface area contributed by atoms with Crippen LogP contribution in [0.25, 0.3) is 0 Å². The van der Waals surface area contributed by atoms with Gasteiger partial charge in [-0.1, -0.05) is 11.8 Å². The quantitative estimate of drug-likeness (QED) is 0.462. The van der Waals surface area contributed by atoms with Gasteiger partial charge >= 0.3 is 0 Å². The number of methoxy groups -OCH3 is 1. The van der Waals surface area contributed by atoms with Gasteiger partial charge in [-0.15, -0.1) is 5.10 Å². The smallest absolute Gasteiger partial charge is 0.209 e. The molecule has 0 aliphatic heterocycles. The summed E-state index contributed by atoms with van der Waals surface area (Å²) < 4.78 is 11.8. The second-order valence-corrected chi connectivity index (χ2v) is 4.28. The van der Waals surface area contributed by atoms with Crippen molar-refractivity contribution in [2.45, 2.75) is 18.1 Å². The van der Waals surface area contributed by atoms with Crippen molar-refractivity contribution in [3.8, 4) is 0 Å². The number of aliphatic hydroxyl groups is 1. The summed E-state index contributed by atoms with van der Waals surface area (Å²) in [6.07, 6.45) is 0.931. The number of nitrogens with zero attached hydrogens (tertiary/aromatic N) is 4. The molecule has 8 heteroatoms. The lowest BCUT2D eigenvalue weighted by atomic mass is 10.5. The lowest BCUT2D eigenvalue weighted by Crippen LogP contribution is -2.06. The van der Waals surface area contributed by atoms with Crippen molar-refractivity contribution in [2.75, 3.05) is 39.3 Å². The third-order valence-electron chi connectivity index (χ3n) is 1.91. The molecular formula is C9H18N4O3S. The monoisotopic (exact) mass is 262 g/mol. The minimum atomic E-state index is 0.0404. The number of aromatic nitrogens is 4. The van der Waals surface area contributed by atoms with Crippen LogP contribution in [0, 0.1) is 0 Å². The first kappa shape index (κ1) is 14.4. The van der Waals surface area contributed by atoms with Gasteiger partial charge in [0.1, 0.15) is 0 Å². The Morgan fingerprint density at radius 3 is 3.00 bits per heavy atom. The SMILES string of the molecule is COCCOCCCSc1nnnn1CCO. The molecule has 17 heavy (non-hydrogen) atoms. The first-order valence-electron chi connectivity index (χ1n) is 5.45. The number of ether oxygens (including phenoxy) is 2. The Morgan fingerprint density at radius 2 is 2.24 bits per heavy atom. The van der Waals surface area contributed by atoms with Crippen LogP contribution in [0.4, 0.5) is 0 Å². The number of aliphatic hydroxyl groups excluding tert-OH is 1. The number of tetrazole rings is 1. The van der Waals surface area contributed by atoms with Crippen LogP contribution in [0.5, 0.6) is 0 Å². The number of hydrogen-bond acceptors (Lipinski definition) is 7. The molecular weight excluding hydrogens is 244 g/mol. The predicted octanol–water partition coefficient (Wildman–Crippen LogP) is -0.189. The Labute approximate surface area is 104 Å². The van der Waals surface area contributed by atoms with Crippen molar-refractivity contribution < 1.29 is 14.6 Å². The van der Waals surface area contributed by atoms with Crippen LogP contribution in [-0.4, -0.2) is 64.6 Å². The number of rotatable bonds is 10. The van der Waals surface area contributed by atoms with Crippen molar-refractivity contribution in [3.05, 3.63) is 0 Å². The molecule has 0 radical (unpaired) electrons. The van der Waals surface area contributed by atoms with E-state index in [1.807, 2.05) is 0 Å². The molecule has 1 heterocycles. The molecule has 0 aromatic carbocycles. The standard InChI is InChI=1S/C9H18N4O3S/c1-15-6-7-16-5-2-8-17-9-10-11-12-13(9)3-4-14/h14H,2-8H2,1H3. The summed E-state index contributed by atoms with van der Waals surface area (Å²) in [6.45, 7) is 2.43. The minimum absolute atomic E-state index is 0.0404. The second-order valence-electron chi connectivity index (χ2n) is 3.22. The van der Waals surface area contributed by atoms with E-state index in [-0.39, 0.29) is 6.61 Å². The van der Waals surface area contributed by atoms with E-state index in [1.165, 1.54) is 0 Å². The molecule has 1 rings (SSSR count). The van der Waals surface area contributed by atoms with Crippen LogP contribution >= 0.6 is 11.8 Å². The van der Waals surface area contributed by atoms with Gasteiger partial charge in [0.2, 0.25) is 5.16 Å². The van der Waals surface area contributed by atoms with Crippen LogP contribution in [-0.2, 0) is 16.0 Å². The highest BCUT2D eigenvalue weighted by Crippen LogP contribution is 2.14. The molecule has 7 nitrogen and oxygen atoms in total. The van der Waals surface area contributed by atoms with Crippen LogP contribution < -0.4 is 0 Å². The molecule has 1 aromatic heterocycles. The zero-order valence-corrected chi connectivity index (χ0v) is 10.7. The Bertz CT molecular complexity index is 298. The second kappa shape index (κ2) is 9.34. The molecule has 98 valence electrons. The molecule has 0 unspecified atom stereocenters. The van der Waals surface area contributed by atoms with Gasteiger partial charge < -0.3 is 14.6 Å². The third kappa shape index (κ3) is 5.97. The van der Waals surface area contributed by atoms with E-state index in [1.54, 1.807) is 23.6 Å². The molecule has 0 saturated heterocycles. The summed E-state index contributed by atoms with van der Waals surface area (Å²) >= 11 is 1.56. The van der Waals surface area contributed by atoms with E-state index in [0.717, 1.165) is 17.3 Å². The van der Waals surface area contributed by atoms with E-state index in [0.29, 0.717) is 26.4 Å². The zero-order chi connectivity index (χ0) is 12.3. The predicted molar refractivity (Wildman–Crippen MR) is 62.9 cm³/mol. The fourth-order valence-corrected chi connectivity index (χ4v) is 1.92. The van der Waals surface area contributed by atoms with Gasteiger partial charge in [0, 0.05) is 19.5 Å². The van der Waals surface area contributed by atoms with Gasteiger partial charge in [0.05, 0.1) is 26.4 Å². The Hall–Kier alpha value is -0.700. The maximum Gasteiger partial charge on any atom is 0.209 e. The van der Waals surface area contributed by atoms with Crippen molar-refractivity contribution >= 4 is 11.8 Å². The molecule has 1 aromatic rings. The molecule has 0 aliphatic rings. The van der Waals surface area contributed by atoms with Gasteiger partial charge in [-0.3, -0.25) is 0 Å². The van der Waals surface area contributed by atoms with E-state index in [2.05, 4.69) is 15.5 Å². The van der Waals surface area contributed by atoms with Crippen molar-refractivity contribution in [3.63, 3.8) is 0 Å². The average molecular weight is 262 g/mol. The molecule has 0 saturated carbocycles. The van der Waals surface area contributed by atoms with E-state index in [9.17, 15) is 0 Å². The van der Waals surface area contributed by atoms with Crippen LogP contribution in [0.3, 0.4) is 0 Å². The fourth-order valence-electron chi connectivity index (χ4n) is 1.10. The van der Waals surface area contributed by atoms with Gasteiger partial charge in [0.25, 0.3) is 0 Å². The lowest BCUT2D eigenvalue weighted by Gasteiger charge is -2.03.